The van der Waals surface area contributed by atoms with Crippen molar-refractivity contribution in [2.45, 2.75) is 19.5 Å². The van der Waals surface area contributed by atoms with Gasteiger partial charge in [-0.2, -0.15) is 0 Å². The molecule has 3 rings (SSSR count). The molecule has 0 atom stereocenters. The van der Waals surface area contributed by atoms with Crippen molar-refractivity contribution in [1.29, 1.82) is 0 Å². The van der Waals surface area contributed by atoms with Gasteiger partial charge in [0.2, 0.25) is 5.82 Å². The van der Waals surface area contributed by atoms with Crippen LogP contribution in [-0.2, 0) is 19.5 Å². The number of benzene rings is 1. The second-order valence-corrected chi connectivity index (χ2v) is 5.58. The Bertz CT molecular complexity index is 737. The van der Waals surface area contributed by atoms with Crippen LogP contribution >= 0.6 is 11.6 Å². The Hall–Kier alpha value is -2.05. The van der Waals surface area contributed by atoms with Gasteiger partial charge < -0.3 is 5.73 Å². The quantitative estimate of drug-likeness (QED) is 0.935. The summed E-state index contributed by atoms with van der Waals surface area (Å²) in [6.45, 7) is 1.68. The minimum absolute atomic E-state index is 0.0433. The van der Waals surface area contributed by atoms with Gasteiger partial charge >= 0.3 is 0 Å². The van der Waals surface area contributed by atoms with E-state index in [4.69, 9.17) is 17.3 Å². The fraction of sp³-hybridized carbons (Fsp3) is 0.267. The summed E-state index contributed by atoms with van der Waals surface area (Å²) in [5.74, 6) is -1.05. The van der Waals surface area contributed by atoms with E-state index >= 15 is 0 Å². The van der Waals surface area contributed by atoms with Gasteiger partial charge in [0.05, 0.1) is 11.9 Å². The molecular weight excluding hydrogens is 307 g/mol. The van der Waals surface area contributed by atoms with Crippen LogP contribution in [0.15, 0.2) is 18.2 Å². The maximum Gasteiger partial charge on any atom is 0.286 e. The van der Waals surface area contributed by atoms with Crippen molar-refractivity contribution in [3.05, 3.63) is 57.9 Å². The number of amides is 1. The zero-order valence-corrected chi connectivity index (χ0v) is 12.4. The molecule has 113 valence electrons. The first-order valence-electron chi connectivity index (χ1n) is 6.76. The second-order valence-electron chi connectivity index (χ2n) is 5.14. The van der Waals surface area contributed by atoms with Crippen molar-refractivity contribution in [3.8, 4) is 0 Å². The Morgan fingerprint density at radius 2 is 2.32 bits per heavy atom. The monoisotopic (exact) mass is 319 g/mol. The summed E-state index contributed by atoms with van der Waals surface area (Å²) in [4.78, 5) is 21.2. The number of nitrogens with two attached hydrogens (primary N) is 1. The highest BCUT2D eigenvalue weighted by Crippen LogP contribution is 2.21. The van der Waals surface area contributed by atoms with Crippen molar-refractivity contribution in [1.82, 2.24) is 14.9 Å². The number of carbonyl (C=O) groups is 1. The molecule has 1 aromatic carbocycles. The van der Waals surface area contributed by atoms with Gasteiger partial charge in [-0.15, -0.1) is 0 Å². The summed E-state index contributed by atoms with van der Waals surface area (Å²) in [5.41, 5.74) is 7.34. The predicted octanol–water partition coefficient (Wildman–Crippen LogP) is 1.73. The van der Waals surface area contributed by atoms with Gasteiger partial charge in [0.15, 0.2) is 0 Å². The molecule has 0 saturated heterocycles. The SMILES string of the molecule is NC(=O)c1n[c]c2c(n1)CN(Cc1ccc(Cl)cc1F)CC2. The van der Waals surface area contributed by atoms with E-state index in [1.807, 2.05) is 4.90 Å². The van der Waals surface area contributed by atoms with Gasteiger partial charge in [-0.05, 0) is 18.6 Å². The summed E-state index contributed by atoms with van der Waals surface area (Å²) < 4.78 is 13.9. The third-order valence-corrected chi connectivity index (χ3v) is 3.80. The molecule has 1 radical (unpaired) electrons. The number of fused-ring (bicyclic) bond motifs is 1. The van der Waals surface area contributed by atoms with E-state index in [1.54, 1.807) is 12.1 Å². The fourth-order valence-electron chi connectivity index (χ4n) is 2.43. The molecule has 2 heterocycles. The summed E-state index contributed by atoms with van der Waals surface area (Å²) in [5, 5.41) is 0.374. The first kappa shape index (κ1) is 14.9. The Labute approximate surface area is 131 Å². The molecule has 0 bridgehead atoms. The molecule has 0 fully saturated rings. The number of primary amides is 1. The van der Waals surface area contributed by atoms with Crippen molar-refractivity contribution in [2.24, 2.45) is 5.73 Å². The average molecular weight is 320 g/mol. The van der Waals surface area contributed by atoms with Crippen LogP contribution in [-0.4, -0.2) is 27.3 Å². The number of aromatic nitrogens is 2. The van der Waals surface area contributed by atoms with Gasteiger partial charge in [0.1, 0.15) is 5.82 Å². The Kier molecular flexibility index (Phi) is 4.04. The maximum absolute atomic E-state index is 13.9. The Morgan fingerprint density at radius 3 is 3.05 bits per heavy atom. The molecule has 2 N–H and O–H groups in total. The summed E-state index contributed by atoms with van der Waals surface area (Å²) in [6.07, 6.45) is 3.51. The van der Waals surface area contributed by atoms with E-state index in [-0.39, 0.29) is 11.6 Å². The lowest BCUT2D eigenvalue weighted by Gasteiger charge is -2.27. The third kappa shape index (κ3) is 3.08. The first-order valence-corrected chi connectivity index (χ1v) is 7.14. The molecule has 2 aromatic rings. The molecular formula is C15H13ClFN4O. The van der Waals surface area contributed by atoms with Crippen LogP contribution < -0.4 is 5.73 Å². The van der Waals surface area contributed by atoms with Gasteiger partial charge in [0.25, 0.3) is 5.91 Å². The number of hydrogen-bond donors (Lipinski definition) is 1. The van der Waals surface area contributed by atoms with Crippen molar-refractivity contribution < 1.29 is 9.18 Å². The van der Waals surface area contributed by atoms with E-state index in [9.17, 15) is 9.18 Å². The lowest BCUT2D eigenvalue weighted by Crippen LogP contribution is -2.32. The van der Waals surface area contributed by atoms with Crippen LogP contribution in [0.5, 0.6) is 0 Å². The highest BCUT2D eigenvalue weighted by molar-refractivity contribution is 6.30. The van der Waals surface area contributed by atoms with Crippen LogP contribution in [0, 0.1) is 12.0 Å². The van der Waals surface area contributed by atoms with E-state index in [0.29, 0.717) is 35.8 Å². The predicted molar refractivity (Wildman–Crippen MR) is 78.6 cm³/mol. The van der Waals surface area contributed by atoms with Gasteiger partial charge in [0, 0.05) is 35.8 Å². The van der Waals surface area contributed by atoms with E-state index in [1.165, 1.54) is 6.07 Å². The van der Waals surface area contributed by atoms with E-state index in [0.717, 1.165) is 12.1 Å². The molecule has 22 heavy (non-hydrogen) atoms. The van der Waals surface area contributed by atoms with Crippen molar-refractivity contribution >= 4 is 17.5 Å². The summed E-state index contributed by atoms with van der Waals surface area (Å²) in [6, 6.07) is 4.64. The molecule has 5 nitrogen and oxygen atoms in total. The number of hydrogen-bond acceptors (Lipinski definition) is 4. The standard InChI is InChI=1S/C15H13ClFN4O/c16-11-2-1-10(12(17)5-11)7-21-4-3-9-6-19-15(14(18)22)20-13(9)8-21/h1-2,5H,3-4,7-8H2,(H2,18,22). The normalized spacial score (nSPS) is 14.6. The number of rotatable bonds is 3. The molecule has 1 aliphatic heterocycles. The third-order valence-electron chi connectivity index (χ3n) is 3.57. The summed E-state index contributed by atoms with van der Waals surface area (Å²) >= 11 is 5.76. The molecule has 0 saturated carbocycles. The van der Waals surface area contributed by atoms with Crippen LogP contribution in [0.25, 0.3) is 0 Å². The first-order chi connectivity index (χ1) is 10.5. The largest absolute Gasteiger partial charge is 0.363 e. The molecule has 1 aliphatic rings. The molecule has 0 spiro atoms. The zero-order valence-electron chi connectivity index (χ0n) is 11.6. The van der Waals surface area contributed by atoms with Crippen molar-refractivity contribution in [2.75, 3.05) is 6.54 Å². The molecule has 1 amide bonds. The minimum atomic E-state index is -0.681. The molecule has 1 aromatic heterocycles. The fourth-order valence-corrected chi connectivity index (χ4v) is 2.59. The van der Waals surface area contributed by atoms with E-state index < -0.39 is 5.91 Å². The Morgan fingerprint density at radius 1 is 1.50 bits per heavy atom. The zero-order chi connectivity index (χ0) is 15.7. The maximum atomic E-state index is 13.9. The highest BCUT2D eigenvalue weighted by Gasteiger charge is 2.21. The van der Waals surface area contributed by atoms with Gasteiger partial charge in [-0.3, -0.25) is 9.69 Å². The second kappa shape index (κ2) is 5.98. The average Bonchev–Trinajstić information content (AvgIpc) is 2.49. The molecule has 0 aliphatic carbocycles. The number of nitrogens with zero attached hydrogens (tertiary/aromatic N) is 3. The minimum Gasteiger partial charge on any atom is -0.363 e. The van der Waals surface area contributed by atoms with Crippen LogP contribution in [0.2, 0.25) is 5.02 Å². The summed E-state index contributed by atoms with van der Waals surface area (Å²) in [7, 11) is 0. The molecule has 0 unspecified atom stereocenters. The van der Waals surface area contributed by atoms with Gasteiger partial charge in [-0.1, -0.05) is 17.7 Å². The Balaban J connectivity index is 1.78. The topological polar surface area (TPSA) is 72.1 Å². The highest BCUT2D eigenvalue weighted by atomic mass is 35.5. The van der Waals surface area contributed by atoms with Crippen molar-refractivity contribution in [3.63, 3.8) is 0 Å². The number of carbonyl (C=O) groups excluding carboxylic acids is 1. The number of halogens is 2. The van der Waals surface area contributed by atoms with Crippen LogP contribution in [0.1, 0.15) is 27.4 Å². The molecule has 7 heteroatoms. The van der Waals surface area contributed by atoms with E-state index in [2.05, 4.69) is 16.2 Å². The lowest BCUT2D eigenvalue weighted by atomic mass is 10.1. The lowest BCUT2D eigenvalue weighted by molar-refractivity contribution is 0.0989. The van der Waals surface area contributed by atoms with Crippen LogP contribution in [0.4, 0.5) is 4.39 Å². The van der Waals surface area contributed by atoms with Crippen LogP contribution in [0.3, 0.4) is 0 Å². The smallest absolute Gasteiger partial charge is 0.286 e. The van der Waals surface area contributed by atoms with Gasteiger partial charge in [-0.25, -0.2) is 14.4 Å².